The highest BCUT2D eigenvalue weighted by Gasteiger charge is 2.20. The summed E-state index contributed by atoms with van der Waals surface area (Å²) >= 11 is 0. The average Bonchev–Trinajstić information content (AvgIpc) is 3.32. The Morgan fingerprint density at radius 2 is 2.07 bits per heavy atom. The van der Waals surface area contributed by atoms with Crippen LogP contribution in [0.4, 0.5) is 5.82 Å². The zero-order valence-electron chi connectivity index (χ0n) is 15.9. The van der Waals surface area contributed by atoms with Gasteiger partial charge in [-0.3, -0.25) is 9.69 Å². The number of likely N-dealkylation sites (N-methyl/N-ethyl adjacent to an activating group) is 1. The molecule has 0 saturated heterocycles. The number of amides is 1. The van der Waals surface area contributed by atoms with Gasteiger partial charge < -0.3 is 10.1 Å². The number of hydrogen-bond donors (Lipinski definition) is 1. The molecule has 6 heteroatoms. The van der Waals surface area contributed by atoms with Crippen LogP contribution in [-0.2, 0) is 11.3 Å². The van der Waals surface area contributed by atoms with Crippen molar-refractivity contribution >= 4 is 11.7 Å². The van der Waals surface area contributed by atoms with Crippen LogP contribution < -0.4 is 10.1 Å². The number of nitrogens with one attached hydrogen (secondary N) is 1. The fourth-order valence-electron chi connectivity index (χ4n) is 3.49. The van der Waals surface area contributed by atoms with Crippen LogP contribution in [0.25, 0.3) is 0 Å². The van der Waals surface area contributed by atoms with Crippen LogP contribution >= 0.6 is 0 Å². The Hall–Kier alpha value is -2.60. The first-order chi connectivity index (χ1) is 13.2. The topological polar surface area (TPSA) is 59.4 Å². The van der Waals surface area contributed by atoms with Crippen molar-refractivity contribution in [2.75, 3.05) is 25.5 Å². The lowest BCUT2D eigenvalue weighted by atomic mass is 10.2. The number of anilines is 1. The molecule has 0 atom stereocenters. The summed E-state index contributed by atoms with van der Waals surface area (Å²) < 4.78 is 7.45. The summed E-state index contributed by atoms with van der Waals surface area (Å²) in [5.41, 5.74) is 1.13. The zero-order valence-corrected chi connectivity index (χ0v) is 15.9. The van der Waals surface area contributed by atoms with Crippen LogP contribution in [0, 0.1) is 0 Å². The molecule has 3 rings (SSSR count). The van der Waals surface area contributed by atoms with Crippen LogP contribution in [0.1, 0.15) is 37.3 Å². The van der Waals surface area contributed by atoms with Crippen molar-refractivity contribution in [1.29, 1.82) is 0 Å². The van der Waals surface area contributed by atoms with Gasteiger partial charge in [0.1, 0.15) is 18.2 Å². The lowest BCUT2D eigenvalue weighted by Gasteiger charge is -2.18. The second kappa shape index (κ2) is 9.37. The Morgan fingerprint density at radius 3 is 2.78 bits per heavy atom. The van der Waals surface area contributed by atoms with Crippen molar-refractivity contribution < 1.29 is 9.53 Å². The Morgan fingerprint density at radius 1 is 1.33 bits per heavy atom. The van der Waals surface area contributed by atoms with Crippen molar-refractivity contribution in [2.45, 2.75) is 38.3 Å². The number of carbonyl (C=O) groups is 1. The van der Waals surface area contributed by atoms with E-state index in [0.717, 1.165) is 30.0 Å². The third-order valence-electron chi connectivity index (χ3n) is 4.77. The molecule has 1 amide bonds. The van der Waals surface area contributed by atoms with Crippen molar-refractivity contribution in [3.63, 3.8) is 0 Å². The molecule has 1 aliphatic carbocycles. The molecule has 0 unspecified atom stereocenters. The summed E-state index contributed by atoms with van der Waals surface area (Å²) in [5.74, 6) is 1.59. The van der Waals surface area contributed by atoms with Gasteiger partial charge in [0.05, 0.1) is 18.8 Å². The lowest BCUT2D eigenvalue weighted by molar-refractivity contribution is -0.117. The maximum Gasteiger partial charge on any atom is 0.239 e. The largest absolute Gasteiger partial charge is 0.490 e. The Kier molecular flexibility index (Phi) is 6.65. The first-order valence-electron chi connectivity index (χ1n) is 9.50. The van der Waals surface area contributed by atoms with Crippen LogP contribution in [0.15, 0.2) is 49.2 Å². The fourth-order valence-corrected chi connectivity index (χ4v) is 3.49. The number of carbonyl (C=O) groups excluding carboxylic acids is 1. The van der Waals surface area contributed by atoms with Gasteiger partial charge in [-0.2, -0.15) is 5.10 Å². The maximum atomic E-state index is 12.4. The quantitative estimate of drug-likeness (QED) is 0.687. The van der Waals surface area contributed by atoms with Crippen LogP contribution in [0.5, 0.6) is 5.75 Å². The Bertz CT molecular complexity index is 748. The number of hydrogen-bond acceptors (Lipinski definition) is 4. The molecule has 1 fully saturated rings. The molecule has 1 aromatic carbocycles. The molecule has 0 aliphatic heterocycles. The summed E-state index contributed by atoms with van der Waals surface area (Å²) in [6, 6.07) is 10.2. The van der Waals surface area contributed by atoms with Crippen molar-refractivity contribution in [1.82, 2.24) is 14.7 Å². The minimum absolute atomic E-state index is 0.0248. The molecule has 0 spiro atoms. The van der Waals surface area contributed by atoms with Crippen LogP contribution in [0.3, 0.4) is 0 Å². The van der Waals surface area contributed by atoms with Gasteiger partial charge in [-0.05, 0) is 37.6 Å². The molecule has 0 bridgehead atoms. The second-order valence-electron chi connectivity index (χ2n) is 7.06. The SMILES string of the molecule is C=CCOc1ccc(CN(C)CC(=O)Nc2ccnn2C2CCCC2)cc1. The van der Waals surface area contributed by atoms with Gasteiger partial charge in [0, 0.05) is 12.6 Å². The highest BCUT2D eigenvalue weighted by molar-refractivity contribution is 5.91. The van der Waals surface area contributed by atoms with Gasteiger partial charge in [0.15, 0.2) is 0 Å². The van der Waals surface area contributed by atoms with Gasteiger partial charge in [-0.1, -0.05) is 37.6 Å². The second-order valence-corrected chi connectivity index (χ2v) is 7.06. The molecule has 1 saturated carbocycles. The molecule has 6 nitrogen and oxygen atoms in total. The number of ether oxygens (including phenoxy) is 1. The molecular formula is C21H28N4O2. The molecule has 1 aliphatic rings. The van der Waals surface area contributed by atoms with Crippen molar-refractivity contribution in [3.8, 4) is 5.75 Å². The molecule has 144 valence electrons. The zero-order chi connectivity index (χ0) is 19.1. The number of rotatable bonds is 9. The van der Waals surface area contributed by atoms with E-state index in [0.29, 0.717) is 25.7 Å². The standard InChI is InChI=1S/C21H28N4O2/c1-3-14-27-19-10-8-17(9-11-19)15-24(2)16-21(26)23-20-12-13-22-25(20)18-6-4-5-7-18/h3,8-13,18H,1,4-7,14-16H2,2H3,(H,23,26). The number of benzene rings is 1. The third-order valence-corrected chi connectivity index (χ3v) is 4.77. The lowest BCUT2D eigenvalue weighted by Crippen LogP contribution is -2.30. The van der Waals surface area contributed by atoms with Gasteiger partial charge in [-0.15, -0.1) is 0 Å². The van der Waals surface area contributed by atoms with Gasteiger partial charge in [-0.25, -0.2) is 4.68 Å². The van der Waals surface area contributed by atoms with Crippen molar-refractivity contribution in [2.24, 2.45) is 0 Å². The van der Waals surface area contributed by atoms with E-state index in [1.54, 1.807) is 12.3 Å². The van der Waals surface area contributed by atoms with Gasteiger partial charge in [0.25, 0.3) is 0 Å². The van der Waals surface area contributed by atoms with E-state index >= 15 is 0 Å². The van der Waals surface area contributed by atoms with E-state index < -0.39 is 0 Å². The smallest absolute Gasteiger partial charge is 0.239 e. The predicted octanol–water partition coefficient (Wildman–Crippen LogP) is 3.63. The Labute approximate surface area is 160 Å². The third kappa shape index (κ3) is 5.44. The summed E-state index contributed by atoms with van der Waals surface area (Å²) in [6.07, 6.45) is 8.22. The highest BCUT2D eigenvalue weighted by Crippen LogP contribution is 2.31. The van der Waals surface area contributed by atoms with Crippen LogP contribution in [0.2, 0.25) is 0 Å². The number of aromatic nitrogens is 2. The van der Waals surface area contributed by atoms with Gasteiger partial charge >= 0.3 is 0 Å². The van der Waals surface area contributed by atoms with E-state index in [1.807, 2.05) is 47.0 Å². The van der Waals surface area contributed by atoms with Crippen LogP contribution in [-0.4, -0.2) is 40.8 Å². The van der Waals surface area contributed by atoms with Gasteiger partial charge in [0.2, 0.25) is 5.91 Å². The number of nitrogens with zero attached hydrogens (tertiary/aromatic N) is 3. The first kappa shape index (κ1) is 19.2. The molecular weight excluding hydrogens is 340 g/mol. The molecule has 1 aromatic heterocycles. The first-order valence-corrected chi connectivity index (χ1v) is 9.50. The van der Waals surface area contributed by atoms with E-state index in [2.05, 4.69) is 17.0 Å². The predicted molar refractivity (Wildman–Crippen MR) is 107 cm³/mol. The van der Waals surface area contributed by atoms with E-state index in [-0.39, 0.29) is 5.91 Å². The molecule has 0 radical (unpaired) electrons. The van der Waals surface area contributed by atoms with E-state index in [4.69, 9.17) is 4.74 Å². The maximum absolute atomic E-state index is 12.4. The molecule has 1 heterocycles. The molecule has 1 N–H and O–H groups in total. The summed E-state index contributed by atoms with van der Waals surface area (Å²) in [4.78, 5) is 14.4. The summed E-state index contributed by atoms with van der Waals surface area (Å²) in [5, 5.41) is 7.40. The highest BCUT2D eigenvalue weighted by atomic mass is 16.5. The minimum Gasteiger partial charge on any atom is -0.490 e. The fraction of sp³-hybridized carbons (Fsp3) is 0.429. The summed E-state index contributed by atoms with van der Waals surface area (Å²) in [6.45, 7) is 5.15. The average molecular weight is 368 g/mol. The summed E-state index contributed by atoms with van der Waals surface area (Å²) in [7, 11) is 1.94. The van der Waals surface area contributed by atoms with Crippen molar-refractivity contribution in [3.05, 3.63) is 54.7 Å². The molecule has 27 heavy (non-hydrogen) atoms. The van der Waals surface area contributed by atoms with E-state index in [9.17, 15) is 4.79 Å². The molecule has 2 aromatic rings. The Balaban J connectivity index is 1.49. The van der Waals surface area contributed by atoms with E-state index in [1.165, 1.54) is 12.8 Å². The normalized spacial score (nSPS) is 14.4. The monoisotopic (exact) mass is 368 g/mol. The minimum atomic E-state index is -0.0248.